The number of allylic oxidation sites excluding steroid dienone is 3. The molecule has 0 heterocycles. The van der Waals surface area contributed by atoms with Gasteiger partial charge in [0, 0.05) is 0 Å². The van der Waals surface area contributed by atoms with Crippen molar-refractivity contribution in [3.63, 3.8) is 0 Å². The van der Waals surface area contributed by atoms with Crippen LogP contribution in [0.15, 0.2) is 49.1 Å². The van der Waals surface area contributed by atoms with Crippen LogP contribution < -0.4 is 0 Å². The van der Waals surface area contributed by atoms with E-state index in [1.165, 1.54) is 0 Å². The molecule has 0 bridgehead atoms. The third kappa shape index (κ3) is 2.46. The highest BCUT2D eigenvalue weighted by Gasteiger charge is 2.07. The first-order valence-electron chi connectivity index (χ1n) is 4.28. The van der Waals surface area contributed by atoms with Crippen molar-refractivity contribution in [3.8, 4) is 0 Å². The van der Waals surface area contributed by atoms with Gasteiger partial charge in [-0.05, 0) is 18.1 Å². The number of benzene rings is 1. The fraction of sp³-hybridized carbons (Fsp3) is 0.167. The maximum absolute atomic E-state index is 6.08. The van der Waals surface area contributed by atoms with Gasteiger partial charge in [-0.3, -0.25) is 0 Å². The summed E-state index contributed by atoms with van der Waals surface area (Å²) in [6.07, 6.45) is 3.76. The van der Waals surface area contributed by atoms with Crippen LogP contribution in [0, 0.1) is 0 Å². The summed E-state index contributed by atoms with van der Waals surface area (Å²) >= 11 is 6.08. The maximum atomic E-state index is 6.08. The van der Waals surface area contributed by atoms with E-state index in [-0.39, 0.29) is 5.38 Å². The number of rotatable bonds is 3. The van der Waals surface area contributed by atoms with Crippen molar-refractivity contribution in [2.24, 2.45) is 0 Å². The molecule has 1 unspecified atom stereocenters. The minimum atomic E-state index is -0.104. The highest BCUT2D eigenvalue weighted by atomic mass is 35.5. The molecule has 0 aromatic heterocycles. The second-order valence-electron chi connectivity index (χ2n) is 2.75. The second kappa shape index (κ2) is 4.88. The van der Waals surface area contributed by atoms with Crippen molar-refractivity contribution in [2.75, 3.05) is 0 Å². The molecule has 1 aromatic rings. The average Bonchev–Trinajstić information content (AvgIpc) is 2.20. The zero-order valence-electron chi connectivity index (χ0n) is 7.70. The lowest BCUT2D eigenvalue weighted by Gasteiger charge is -2.09. The van der Waals surface area contributed by atoms with Gasteiger partial charge in [-0.25, -0.2) is 0 Å². The molecule has 1 rings (SSSR count). The Kier molecular flexibility index (Phi) is 3.78. The Labute approximate surface area is 84.5 Å². The zero-order chi connectivity index (χ0) is 9.68. The molecule has 68 valence electrons. The Morgan fingerprint density at radius 3 is 2.46 bits per heavy atom. The second-order valence-corrected chi connectivity index (χ2v) is 3.22. The Balaban J connectivity index is 2.99. The van der Waals surface area contributed by atoms with Gasteiger partial charge < -0.3 is 0 Å². The van der Waals surface area contributed by atoms with E-state index in [1.807, 2.05) is 43.3 Å². The van der Waals surface area contributed by atoms with Crippen LogP contribution in [0.5, 0.6) is 0 Å². The first kappa shape index (κ1) is 10.1. The highest BCUT2D eigenvalue weighted by Crippen LogP contribution is 2.22. The van der Waals surface area contributed by atoms with Crippen LogP contribution in [0.25, 0.3) is 5.57 Å². The van der Waals surface area contributed by atoms with Crippen molar-refractivity contribution in [2.45, 2.75) is 12.3 Å². The third-order valence-electron chi connectivity index (χ3n) is 1.92. The molecule has 0 saturated carbocycles. The fourth-order valence-electron chi connectivity index (χ4n) is 1.24. The normalized spacial score (nSPS) is 13.8. The minimum absolute atomic E-state index is 0.104. The Hall–Kier alpha value is -1.01. The quantitative estimate of drug-likeness (QED) is 0.504. The van der Waals surface area contributed by atoms with E-state index in [0.29, 0.717) is 0 Å². The molecule has 0 saturated heterocycles. The van der Waals surface area contributed by atoms with Gasteiger partial charge in [0.1, 0.15) is 0 Å². The zero-order valence-corrected chi connectivity index (χ0v) is 8.46. The smallest absolute Gasteiger partial charge is 0.0766 e. The van der Waals surface area contributed by atoms with E-state index in [2.05, 4.69) is 6.58 Å². The minimum Gasteiger partial charge on any atom is -0.113 e. The standard InChI is InChI=1S/C12H13Cl/c1-3-11(12(13)4-2)10-8-6-5-7-9-10/h3-9,12H,2H2,1H3. The lowest BCUT2D eigenvalue weighted by atomic mass is 10.0. The summed E-state index contributed by atoms with van der Waals surface area (Å²) in [5.74, 6) is 0. The van der Waals surface area contributed by atoms with Gasteiger partial charge >= 0.3 is 0 Å². The largest absolute Gasteiger partial charge is 0.113 e. The summed E-state index contributed by atoms with van der Waals surface area (Å²) in [6.45, 7) is 5.67. The first-order valence-corrected chi connectivity index (χ1v) is 4.71. The SMILES string of the molecule is C=CC(Cl)C(=CC)c1ccccc1. The van der Waals surface area contributed by atoms with Gasteiger partial charge in [0.15, 0.2) is 0 Å². The Bertz CT molecular complexity index is 298. The topological polar surface area (TPSA) is 0 Å². The van der Waals surface area contributed by atoms with Gasteiger partial charge in [-0.15, -0.1) is 18.2 Å². The Morgan fingerprint density at radius 1 is 1.38 bits per heavy atom. The van der Waals surface area contributed by atoms with Crippen LogP contribution in [-0.4, -0.2) is 5.38 Å². The predicted molar refractivity (Wildman–Crippen MR) is 59.9 cm³/mol. The van der Waals surface area contributed by atoms with Gasteiger partial charge in [0.2, 0.25) is 0 Å². The van der Waals surface area contributed by atoms with Crippen LogP contribution in [0.4, 0.5) is 0 Å². The van der Waals surface area contributed by atoms with Crippen LogP contribution in [0.1, 0.15) is 12.5 Å². The fourth-order valence-corrected chi connectivity index (χ4v) is 1.49. The van der Waals surface area contributed by atoms with Crippen LogP contribution >= 0.6 is 11.6 Å². The monoisotopic (exact) mass is 192 g/mol. The van der Waals surface area contributed by atoms with Gasteiger partial charge in [0.25, 0.3) is 0 Å². The summed E-state index contributed by atoms with van der Waals surface area (Å²) < 4.78 is 0. The molecule has 1 aromatic carbocycles. The molecule has 0 aliphatic carbocycles. The molecule has 0 nitrogen and oxygen atoms in total. The maximum Gasteiger partial charge on any atom is 0.0766 e. The van der Waals surface area contributed by atoms with Crippen LogP contribution in [-0.2, 0) is 0 Å². The molecule has 0 amide bonds. The van der Waals surface area contributed by atoms with Crippen LogP contribution in [0.3, 0.4) is 0 Å². The molecule has 1 atom stereocenters. The van der Waals surface area contributed by atoms with Crippen molar-refractivity contribution >= 4 is 17.2 Å². The summed E-state index contributed by atoms with van der Waals surface area (Å²) in [5.41, 5.74) is 2.27. The molecule has 0 aliphatic rings. The van der Waals surface area contributed by atoms with Gasteiger partial charge in [-0.1, -0.05) is 42.5 Å². The van der Waals surface area contributed by atoms with Gasteiger partial charge in [-0.2, -0.15) is 0 Å². The highest BCUT2D eigenvalue weighted by molar-refractivity contribution is 6.27. The van der Waals surface area contributed by atoms with E-state index in [9.17, 15) is 0 Å². The molecular weight excluding hydrogens is 180 g/mol. The average molecular weight is 193 g/mol. The summed E-state index contributed by atoms with van der Waals surface area (Å²) in [6, 6.07) is 10.1. The summed E-state index contributed by atoms with van der Waals surface area (Å²) in [7, 11) is 0. The van der Waals surface area contributed by atoms with Crippen molar-refractivity contribution in [3.05, 3.63) is 54.6 Å². The number of hydrogen-bond acceptors (Lipinski definition) is 0. The van der Waals surface area contributed by atoms with Crippen molar-refractivity contribution in [1.82, 2.24) is 0 Å². The van der Waals surface area contributed by atoms with Crippen LogP contribution in [0.2, 0.25) is 0 Å². The molecule has 0 N–H and O–H groups in total. The molecule has 0 radical (unpaired) electrons. The molecule has 0 spiro atoms. The van der Waals surface area contributed by atoms with Crippen molar-refractivity contribution < 1.29 is 0 Å². The molecule has 13 heavy (non-hydrogen) atoms. The number of halogens is 1. The van der Waals surface area contributed by atoms with E-state index < -0.39 is 0 Å². The lowest BCUT2D eigenvalue weighted by Crippen LogP contribution is -1.97. The van der Waals surface area contributed by atoms with Crippen molar-refractivity contribution in [1.29, 1.82) is 0 Å². The molecular formula is C12H13Cl. The number of hydrogen-bond donors (Lipinski definition) is 0. The third-order valence-corrected chi connectivity index (χ3v) is 2.34. The molecule has 1 heteroatoms. The molecule has 0 aliphatic heterocycles. The summed E-state index contributed by atoms with van der Waals surface area (Å²) in [4.78, 5) is 0. The predicted octanol–water partition coefficient (Wildman–Crippen LogP) is 3.88. The van der Waals surface area contributed by atoms with Gasteiger partial charge in [0.05, 0.1) is 5.38 Å². The van der Waals surface area contributed by atoms with E-state index in [0.717, 1.165) is 11.1 Å². The van der Waals surface area contributed by atoms with E-state index >= 15 is 0 Å². The first-order chi connectivity index (χ1) is 6.29. The Morgan fingerprint density at radius 2 is 2.00 bits per heavy atom. The van der Waals surface area contributed by atoms with E-state index in [4.69, 9.17) is 11.6 Å². The van der Waals surface area contributed by atoms with E-state index in [1.54, 1.807) is 6.08 Å². The lowest BCUT2D eigenvalue weighted by molar-refractivity contribution is 1.39. The number of alkyl halides is 1. The molecule has 0 fully saturated rings. The summed E-state index contributed by atoms with van der Waals surface area (Å²) in [5, 5.41) is -0.104.